The number of aryl methyl sites for hydroxylation is 1. The molecule has 1 spiro atoms. The number of sulfone groups is 1. The smallest absolute Gasteiger partial charge is 0.274 e. The highest BCUT2D eigenvalue weighted by molar-refractivity contribution is 7.94. The second-order valence-corrected chi connectivity index (χ2v) is 10.6. The lowest BCUT2D eigenvalue weighted by molar-refractivity contribution is -0.123. The molecule has 0 N–H and O–H groups in total. The van der Waals surface area contributed by atoms with E-state index in [0.29, 0.717) is 16.3 Å². The SMILES string of the molecule is Cc1ccc(N2C(=O)CS(=O)(=O)[C@]23C(=O)N(Cc2cccc(F)c2)c2ccccc23)cc1Cl. The molecule has 168 valence electrons. The van der Waals surface area contributed by atoms with Gasteiger partial charge in [0.15, 0.2) is 9.84 Å². The lowest BCUT2D eigenvalue weighted by Gasteiger charge is -2.32. The molecule has 2 aliphatic rings. The van der Waals surface area contributed by atoms with Crippen LogP contribution >= 0.6 is 11.6 Å². The number of amides is 2. The normalized spacial score (nSPS) is 21.2. The van der Waals surface area contributed by atoms with Gasteiger partial charge in [0.2, 0.25) is 5.91 Å². The topological polar surface area (TPSA) is 74.8 Å². The maximum atomic E-state index is 14.0. The van der Waals surface area contributed by atoms with Gasteiger partial charge in [-0.25, -0.2) is 12.8 Å². The van der Waals surface area contributed by atoms with Gasteiger partial charge in [-0.1, -0.05) is 48.0 Å². The molecule has 2 amide bonds. The van der Waals surface area contributed by atoms with Crippen molar-refractivity contribution in [2.24, 2.45) is 0 Å². The van der Waals surface area contributed by atoms with E-state index >= 15 is 0 Å². The molecule has 33 heavy (non-hydrogen) atoms. The predicted octanol–water partition coefficient (Wildman–Crippen LogP) is 3.95. The molecule has 0 aromatic heterocycles. The Labute approximate surface area is 195 Å². The summed E-state index contributed by atoms with van der Waals surface area (Å²) in [6.45, 7) is 1.72. The number of carbonyl (C=O) groups is 2. The van der Waals surface area contributed by atoms with Crippen molar-refractivity contribution >= 4 is 44.6 Å². The molecular weight excluding hydrogens is 467 g/mol. The number of carbonyl (C=O) groups excluding carboxylic acids is 2. The summed E-state index contributed by atoms with van der Waals surface area (Å²) in [5.41, 5.74) is 1.99. The predicted molar refractivity (Wildman–Crippen MR) is 123 cm³/mol. The second kappa shape index (κ2) is 7.40. The fourth-order valence-electron chi connectivity index (χ4n) is 4.59. The first-order valence-corrected chi connectivity index (χ1v) is 12.2. The molecule has 5 rings (SSSR count). The average molecular weight is 485 g/mol. The van der Waals surface area contributed by atoms with Gasteiger partial charge in [-0.2, -0.15) is 0 Å². The summed E-state index contributed by atoms with van der Waals surface area (Å²) >= 11 is 6.28. The van der Waals surface area contributed by atoms with Crippen molar-refractivity contribution in [1.82, 2.24) is 0 Å². The lowest BCUT2D eigenvalue weighted by Crippen LogP contribution is -2.54. The van der Waals surface area contributed by atoms with E-state index in [4.69, 9.17) is 11.6 Å². The molecule has 6 nitrogen and oxygen atoms in total. The molecule has 0 bridgehead atoms. The van der Waals surface area contributed by atoms with Crippen molar-refractivity contribution in [3.05, 3.63) is 94.3 Å². The number of anilines is 2. The van der Waals surface area contributed by atoms with Crippen molar-refractivity contribution in [2.45, 2.75) is 18.3 Å². The van der Waals surface area contributed by atoms with Crippen molar-refractivity contribution in [1.29, 1.82) is 0 Å². The molecule has 2 aliphatic heterocycles. The van der Waals surface area contributed by atoms with Gasteiger partial charge in [0, 0.05) is 16.3 Å². The maximum Gasteiger partial charge on any atom is 0.274 e. The van der Waals surface area contributed by atoms with Crippen LogP contribution in [-0.4, -0.2) is 26.0 Å². The Kier molecular flexibility index (Phi) is 4.84. The Morgan fingerprint density at radius 1 is 1.03 bits per heavy atom. The van der Waals surface area contributed by atoms with Crippen molar-refractivity contribution in [2.75, 3.05) is 15.6 Å². The maximum absolute atomic E-state index is 14.0. The molecule has 1 fully saturated rings. The number of hydrogen-bond donors (Lipinski definition) is 0. The minimum absolute atomic E-state index is 0.0540. The molecule has 0 unspecified atom stereocenters. The zero-order valence-electron chi connectivity index (χ0n) is 17.5. The molecule has 9 heteroatoms. The van der Waals surface area contributed by atoms with Crippen molar-refractivity contribution < 1.29 is 22.4 Å². The highest BCUT2D eigenvalue weighted by Crippen LogP contribution is 2.53. The molecule has 1 saturated heterocycles. The third kappa shape index (κ3) is 3.01. The van der Waals surface area contributed by atoms with E-state index in [1.807, 2.05) is 0 Å². The Hall–Kier alpha value is -3.23. The standard InChI is InChI=1S/C24H18ClFN2O4S/c1-15-9-10-18(12-20(15)25)28-22(29)14-33(31,32)24(28)19-7-2-3-8-21(19)27(23(24)30)13-16-5-4-6-17(26)11-16/h2-12H,13-14H2,1H3/t24-/m1/s1. The molecule has 0 aliphatic carbocycles. The van der Waals surface area contributed by atoms with Gasteiger partial charge >= 0.3 is 0 Å². The van der Waals surface area contributed by atoms with Gasteiger partial charge in [0.05, 0.1) is 12.2 Å². The van der Waals surface area contributed by atoms with E-state index in [0.717, 1.165) is 10.5 Å². The largest absolute Gasteiger partial charge is 0.304 e. The summed E-state index contributed by atoms with van der Waals surface area (Å²) in [5.74, 6) is -2.78. The Morgan fingerprint density at radius 2 is 1.79 bits per heavy atom. The van der Waals surface area contributed by atoms with E-state index < -0.39 is 38.1 Å². The second-order valence-electron chi connectivity index (χ2n) is 8.10. The minimum atomic E-state index is -4.28. The van der Waals surface area contributed by atoms with E-state index in [9.17, 15) is 22.4 Å². The summed E-state index contributed by atoms with van der Waals surface area (Å²) in [5, 5.41) is 0.343. The van der Waals surface area contributed by atoms with E-state index in [-0.39, 0.29) is 17.8 Å². The molecule has 2 heterocycles. The summed E-state index contributed by atoms with van der Waals surface area (Å²) in [4.78, 5) is 27.2. The van der Waals surface area contributed by atoms with Crippen molar-refractivity contribution in [3.63, 3.8) is 0 Å². The van der Waals surface area contributed by atoms with Crippen LogP contribution < -0.4 is 9.80 Å². The van der Waals surface area contributed by atoms with Crippen LogP contribution in [-0.2, 0) is 30.8 Å². The third-order valence-corrected chi connectivity index (χ3v) is 8.58. The Morgan fingerprint density at radius 3 is 2.52 bits per heavy atom. The van der Waals surface area contributed by atoms with Crippen LogP contribution in [0, 0.1) is 12.7 Å². The van der Waals surface area contributed by atoms with E-state index in [1.54, 1.807) is 43.3 Å². The molecule has 0 radical (unpaired) electrons. The van der Waals surface area contributed by atoms with Gasteiger partial charge < -0.3 is 4.90 Å². The van der Waals surface area contributed by atoms with Gasteiger partial charge in [-0.3, -0.25) is 14.5 Å². The fourth-order valence-corrected chi connectivity index (χ4v) is 6.79. The fraction of sp³-hybridized carbons (Fsp3) is 0.167. The Balaban J connectivity index is 1.74. The Bertz CT molecular complexity index is 1440. The highest BCUT2D eigenvalue weighted by Gasteiger charge is 2.69. The lowest BCUT2D eigenvalue weighted by atomic mass is 10.0. The average Bonchev–Trinajstić information content (AvgIpc) is 3.13. The van der Waals surface area contributed by atoms with Crippen molar-refractivity contribution in [3.8, 4) is 0 Å². The summed E-state index contributed by atoms with van der Waals surface area (Å²) in [7, 11) is -4.28. The number of fused-ring (bicyclic) bond motifs is 2. The van der Waals surface area contributed by atoms with Crippen LogP contribution in [0.4, 0.5) is 15.8 Å². The van der Waals surface area contributed by atoms with E-state index in [1.165, 1.54) is 35.2 Å². The summed E-state index contributed by atoms with van der Waals surface area (Å²) < 4.78 is 40.9. The van der Waals surface area contributed by atoms with Gasteiger partial charge in [-0.05, 0) is 48.4 Å². The molecule has 1 atom stereocenters. The minimum Gasteiger partial charge on any atom is -0.304 e. The van der Waals surface area contributed by atoms with Crippen LogP contribution in [0.3, 0.4) is 0 Å². The molecule has 0 saturated carbocycles. The number of para-hydroxylation sites is 1. The monoisotopic (exact) mass is 484 g/mol. The first-order valence-electron chi connectivity index (χ1n) is 10.1. The summed E-state index contributed by atoms with van der Waals surface area (Å²) in [6, 6.07) is 16.9. The van der Waals surface area contributed by atoms with Crippen LogP contribution in [0.15, 0.2) is 66.7 Å². The van der Waals surface area contributed by atoms with Gasteiger partial charge in [0.1, 0.15) is 11.6 Å². The van der Waals surface area contributed by atoms with Crippen LogP contribution in [0.5, 0.6) is 0 Å². The number of halogens is 2. The zero-order valence-corrected chi connectivity index (χ0v) is 19.0. The first kappa shape index (κ1) is 21.6. The molecular formula is C24H18ClFN2O4S. The first-order chi connectivity index (χ1) is 15.7. The van der Waals surface area contributed by atoms with Gasteiger partial charge in [-0.15, -0.1) is 0 Å². The van der Waals surface area contributed by atoms with Crippen LogP contribution in [0.1, 0.15) is 16.7 Å². The van der Waals surface area contributed by atoms with Crippen LogP contribution in [0.25, 0.3) is 0 Å². The number of hydrogen-bond acceptors (Lipinski definition) is 4. The van der Waals surface area contributed by atoms with Gasteiger partial charge in [0.25, 0.3) is 10.8 Å². The van der Waals surface area contributed by atoms with Crippen LogP contribution in [0.2, 0.25) is 5.02 Å². The van der Waals surface area contributed by atoms with E-state index in [2.05, 4.69) is 0 Å². The zero-order chi connectivity index (χ0) is 23.5. The third-order valence-electron chi connectivity index (χ3n) is 6.07. The number of rotatable bonds is 3. The number of nitrogens with zero attached hydrogens (tertiary/aromatic N) is 2. The summed E-state index contributed by atoms with van der Waals surface area (Å²) in [6.07, 6.45) is 0. The number of benzene rings is 3. The molecule has 3 aromatic carbocycles. The molecule has 3 aromatic rings. The quantitative estimate of drug-likeness (QED) is 0.564. The highest BCUT2D eigenvalue weighted by atomic mass is 35.5.